The molecule has 4 rings (SSSR count). The molecule has 6 nitrogen and oxygen atoms in total. The summed E-state index contributed by atoms with van der Waals surface area (Å²) < 4.78 is 14.4. The van der Waals surface area contributed by atoms with Crippen molar-refractivity contribution in [2.45, 2.75) is 193 Å². The maximum absolute atomic E-state index is 9.01. The van der Waals surface area contributed by atoms with Crippen LogP contribution in [0.4, 0.5) is 0 Å². The van der Waals surface area contributed by atoms with E-state index < -0.39 is 0 Å². The summed E-state index contributed by atoms with van der Waals surface area (Å²) in [6, 6.07) is 36.4. The normalized spacial score (nSPS) is 11.6. The van der Waals surface area contributed by atoms with E-state index in [0.29, 0.717) is 11.1 Å². The number of unbranched alkanes of at least 4 members (excludes halogenated alkanes) is 27. The van der Waals surface area contributed by atoms with Crippen molar-refractivity contribution in [3.05, 3.63) is 108 Å². The van der Waals surface area contributed by atoms with Gasteiger partial charge in [-0.2, -0.15) is 10.5 Å². The second kappa shape index (κ2) is 37.2. The summed E-state index contributed by atoms with van der Waals surface area (Å²) in [5.74, 6) is 1.87. The van der Waals surface area contributed by atoms with Gasteiger partial charge in [-0.1, -0.05) is 177 Å². The Morgan fingerprint density at radius 2 is 0.472 bits per heavy atom. The first-order chi connectivity index (χ1) is 35.2. The van der Waals surface area contributed by atoms with E-state index in [1.54, 1.807) is 0 Å². The third kappa shape index (κ3) is 28.0. The first-order valence-corrected chi connectivity index (χ1v) is 29.3. The largest absolute Gasteiger partial charge is 0.494 e. The average molecular weight is 982 g/mol. The molecule has 0 heterocycles. The van der Waals surface area contributed by atoms with Crippen LogP contribution in [0.3, 0.4) is 0 Å². The fourth-order valence-electron chi connectivity index (χ4n) is 10.2. The van der Waals surface area contributed by atoms with Crippen molar-refractivity contribution in [3.63, 3.8) is 0 Å². The second-order valence-electron chi connectivity index (χ2n) is 22.5. The number of hydrogen-bond acceptors (Lipinski definition) is 4. The summed E-state index contributed by atoms with van der Waals surface area (Å²) in [5, 5.41) is 18.0. The molecule has 0 N–H and O–H groups in total. The van der Waals surface area contributed by atoms with E-state index in [9.17, 15) is 0 Å². The minimum absolute atomic E-state index is 0.690. The quantitative estimate of drug-likeness (QED) is 0.0327. The van der Waals surface area contributed by atoms with Gasteiger partial charge in [0.2, 0.25) is 0 Å². The predicted octanol–water partition coefficient (Wildman–Crippen LogP) is 18.1. The molecule has 0 atom stereocenters. The molecule has 0 aliphatic rings. The van der Waals surface area contributed by atoms with Gasteiger partial charge in [-0.3, -0.25) is 0 Å². The van der Waals surface area contributed by atoms with E-state index in [0.717, 1.165) is 59.8 Å². The fourth-order valence-corrected chi connectivity index (χ4v) is 10.2. The lowest BCUT2D eigenvalue weighted by Crippen LogP contribution is -2.41. The van der Waals surface area contributed by atoms with Gasteiger partial charge >= 0.3 is 0 Å². The fraction of sp³-hybridized carbons (Fsp3) is 0.606. The number of hydrogen-bond donors (Lipinski definition) is 0. The van der Waals surface area contributed by atoms with Crippen LogP contribution in [0, 0.1) is 22.7 Å². The molecular formula is C66H100N4O2+2. The molecule has 0 aliphatic carbocycles. The Bertz CT molecular complexity index is 1880. The first kappa shape index (κ1) is 59.9. The smallest absolute Gasteiger partial charge is 0.119 e. The molecule has 0 saturated carbocycles. The molecule has 4 aromatic carbocycles. The molecule has 4 aromatic rings. The number of benzene rings is 4. The number of rotatable bonds is 43. The Hall–Kier alpha value is -4.62. The number of nitrogens with zero attached hydrogens (tertiary/aromatic N) is 4. The third-order valence-corrected chi connectivity index (χ3v) is 15.0. The highest BCUT2D eigenvalue weighted by Crippen LogP contribution is 2.25. The van der Waals surface area contributed by atoms with Crippen LogP contribution in [0.15, 0.2) is 97.1 Å². The van der Waals surface area contributed by atoms with Crippen LogP contribution in [0.1, 0.15) is 204 Å². The van der Waals surface area contributed by atoms with E-state index in [2.05, 4.69) is 88.9 Å². The maximum Gasteiger partial charge on any atom is 0.119 e. The van der Waals surface area contributed by atoms with Crippen LogP contribution in [0.2, 0.25) is 0 Å². The van der Waals surface area contributed by atoms with E-state index in [-0.39, 0.29) is 0 Å². The molecule has 0 radical (unpaired) electrons. The first-order valence-electron chi connectivity index (χ1n) is 29.3. The Morgan fingerprint density at radius 1 is 0.278 bits per heavy atom. The molecule has 0 aromatic heterocycles. The molecule has 0 spiro atoms. The van der Waals surface area contributed by atoms with Crippen LogP contribution >= 0.6 is 0 Å². The molecule has 72 heavy (non-hydrogen) atoms. The van der Waals surface area contributed by atoms with E-state index in [1.807, 2.05) is 48.5 Å². The molecule has 6 heteroatoms. The van der Waals surface area contributed by atoms with Crippen molar-refractivity contribution in [2.75, 3.05) is 67.6 Å². The standard InChI is InChI=1S/C66H100N4O2/c1-69(2,53-31-25-19-13-7-9-15-21-27-33-55-71-65-47-43-63(44-48-65)61-39-35-59(57-67)36-40-61)51-29-23-17-11-5-6-12-18-24-30-52-70(3,4)54-32-26-20-14-8-10-16-22-28-34-56-72-66-49-45-64(46-50-66)62-41-37-60(58-68)38-42-62/h35-50H,5-34,51-56H2,1-4H3/q+2. The summed E-state index contributed by atoms with van der Waals surface area (Å²) in [5.41, 5.74) is 5.91. The van der Waals surface area contributed by atoms with Crippen molar-refractivity contribution in [2.24, 2.45) is 0 Å². The van der Waals surface area contributed by atoms with Crippen LogP contribution in [-0.4, -0.2) is 76.5 Å². The van der Waals surface area contributed by atoms with Gasteiger partial charge in [-0.15, -0.1) is 0 Å². The average Bonchev–Trinajstić information content (AvgIpc) is 3.39. The Morgan fingerprint density at radius 3 is 0.694 bits per heavy atom. The topological polar surface area (TPSA) is 66.0 Å². The lowest BCUT2D eigenvalue weighted by atomic mass is 10.0. The van der Waals surface area contributed by atoms with Crippen molar-refractivity contribution < 1.29 is 18.4 Å². The molecule has 0 aliphatic heterocycles. The Kier molecular flexibility index (Phi) is 30.9. The number of ether oxygens (including phenoxy) is 2. The lowest BCUT2D eigenvalue weighted by Gasteiger charge is -2.30. The van der Waals surface area contributed by atoms with Crippen molar-refractivity contribution in [3.8, 4) is 45.9 Å². The van der Waals surface area contributed by atoms with Gasteiger partial charge in [0.1, 0.15) is 11.5 Å². The van der Waals surface area contributed by atoms with Crippen LogP contribution in [-0.2, 0) is 0 Å². The predicted molar refractivity (Wildman–Crippen MR) is 306 cm³/mol. The summed E-state index contributed by atoms with van der Waals surface area (Å²) in [7, 11) is 9.81. The summed E-state index contributed by atoms with van der Waals surface area (Å²) in [4.78, 5) is 0. The Balaban J connectivity index is 0.812. The molecule has 0 saturated heterocycles. The molecule has 0 amide bonds. The van der Waals surface area contributed by atoms with Crippen LogP contribution in [0.25, 0.3) is 22.3 Å². The summed E-state index contributed by atoms with van der Waals surface area (Å²) in [6.07, 6.45) is 41.0. The molecule has 0 unspecified atom stereocenters. The van der Waals surface area contributed by atoms with Crippen LogP contribution in [0.5, 0.6) is 11.5 Å². The minimum atomic E-state index is 0.690. The molecule has 394 valence electrons. The van der Waals surface area contributed by atoms with Crippen LogP contribution < -0.4 is 9.47 Å². The zero-order valence-corrected chi connectivity index (χ0v) is 46.3. The zero-order chi connectivity index (χ0) is 51.2. The summed E-state index contributed by atoms with van der Waals surface area (Å²) in [6.45, 7) is 6.93. The van der Waals surface area contributed by atoms with E-state index in [4.69, 9.17) is 20.0 Å². The number of nitriles is 2. The SMILES string of the molecule is C[N+](C)(CCCCCCCCCCCCOc1ccc(-c2ccc(C#N)cc2)cc1)CCCCCCCCCCCC[N+](C)(C)CCCCCCCCCCCCOc1ccc(-c2ccc(C#N)cc2)cc1. The molecular weight excluding hydrogens is 881 g/mol. The van der Waals surface area contributed by atoms with Crippen molar-refractivity contribution in [1.29, 1.82) is 10.5 Å². The zero-order valence-electron chi connectivity index (χ0n) is 46.3. The van der Waals surface area contributed by atoms with E-state index >= 15 is 0 Å². The highest BCUT2D eigenvalue weighted by atomic mass is 16.5. The third-order valence-electron chi connectivity index (χ3n) is 15.0. The Labute approximate surface area is 441 Å². The van der Waals surface area contributed by atoms with Crippen molar-refractivity contribution in [1.82, 2.24) is 0 Å². The van der Waals surface area contributed by atoms with Gasteiger partial charge in [0.15, 0.2) is 0 Å². The van der Waals surface area contributed by atoms with Crippen molar-refractivity contribution >= 4 is 0 Å². The lowest BCUT2D eigenvalue weighted by molar-refractivity contribution is -0.890. The second-order valence-corrected chi connectivity index (χ2v) is 22.5. The van der Waals surface area contributed by atoms with Gasteiger partial charge < -0.3 is 18.4 Å². The highest BCUT2D eigenvalue weighted by Gasteiger charge is 2.15. The van der Waals surface area contributed by atoms with Gasteiger partial charge in [0, 0.05) is 0 Å². The molecule has 0 bridgehead atoms. The minimum Gasteiger partial charge on any atom is -0.494 e. The van der Waals surface area contributed by atoms with Gasteiger partial charge in [0.05, 0.1) is 90.8 Å². The summed E-state index contributed by atoms with van der Waals surface area (Å²) >= 11 is 0. The number of quaternary nitrogens is 2. The van der Waals surface area contributed by atoms with Gasteiger partial charge in [-0.05, 0) is 135 Å². The van der Waals surface area contributed by atoms with Gasteiger partial charge in [0.25, 0.3) is 0 Å². The monoisotopic (exact) mass is 981 g/mol. The maximum atomic E-state index is 9.01. The van der Waals surface area contributed by atoms with E-state index in [1.165, 1.54) is 215 Å². The highest BCUT2D eigenvalue weighted by molar-refractivity contribution is 5.66. The molecule has 0 fully saturated rings. The van der Waals surface area contributed by atoms with Gasteiger partial charge in [-0.25, -0.2) is 0 Å².